The smallest absolute Gasteiger partial charge is 0.417 e. The molecule has 0 radical (unpaired) electrons. The monoisotopic (exact) mass is 610 g/mol. The molecule has 6 aromatic rings. The zero-order chi connectivity index (χ0) is 31.6. The van der Waals surface area contributed by atoms with Crippen molar-refractivity contribution >= 4 is 27.6 Å². The second kappa shape index (κ2) is 12.2. The number of halogens is 3. The van der Waals surface area contributed by atoms with E-state index in [1.54, 1.807) is 23.0 Å². The number of unbranched alkanes of at least 4 members (excludes halogenated alkanes) is 1. The molecule has 0 fully saturated rings. The van der Waals surface area contributed by atoms with E-state index < -0.39 is 11.7 Å². The van der Waals surface area contributed by atoms with E-state index in [0.29, 0.717) is 30.6 Å². The largest absolute Gasteiger partial charge is 0.494 e. The average Bonchev–Trinajstić information content (AvgIpc) is 3.60. The van der Waals surface area contributed by atoms with E-state index in [1.165, 1.54) is 18.2 Å². The summed E-state index contributed by atoms with van der Waals surface area (Å²) in [6.07, 6.45) is -1.40. The Balaban J connectivity index is 1.02. The second-order valence-corrected chi connectivity index (χ2v) is 10.8. The lowest BCUT2D eigenvalue weighted by Gasteiger charge is -2.14. The molecule has 228 valence electrons. The van der Waals surface area contributed by atoms with Crippen LogP contribution < -0.4 is 15.7 Å². The number of anilines is 1. The number of hydrogen-bond donors (Lipinski definition) is 3. The van der Waals surface area contributed by atoms with E-state index in [-0.39, 0.29) is 22.4 Å². The molecule has 0 saturated carbocycles. The number of H-pyrrole nitrogens is 2. The Morgan fingerprint density at radius 1 is 0.978 bits per heavy atom. The van der Waals surface area contributed by atoms with Gasteiger partial charge in [0, 0.05) is 29.7 Å². The van der Waals surface area contributed by atoms with Crippen LogP contribution in [-0.4, -0.2) is 26.4 Å². The van der Waals surface area contributed by atoms with Gasteiger partial charge in [0.05, 0.1) is 46.5 Å². The van der Waals surface area contributed by atoms with E-state index in [4.69, 9.17) is 4.74 Å². The van der Waals surface area contributed by atoms with Gasteiger partial charge in [0.15, 0.2) is 0 Å². The summed E-state index contributed by atoms with van der Waals surface area (Å²) in [7, 11) is 0. The summed E-state index contributed by atoms with van der Waals surface area (Å²) in [4.78, 5) is 17.1. The first-order valence-electron chi connectivity index (χ1n) is 14.4. The zero-order valence-electron chi connectivity index (χ0n) is 24.3. The number of nitrogens with zero attached hydrogens (tertiary/aromatic N) is 3. The lowest BCUT2D eigenvalue weighted by Crippen LogP contribution is -2.07. The van der Waals surface area contributed by atoms with Gasteiger partial charge in [-0.05, 0) is 78.9 Å². The maximum atomic E-state index is 13.6. The molecule has 6 rings (SSSR count). The molecule has 8 nitrogen and oxygen atoms in total. The Morgan fingerprint density at radius 3 is 2.49 bits per heavy atom. The molecule has 45 heavy (non-hydrogen) atoms. The van der Waals surface area contributed by atoms with Crippen molar-refractivity contribution in [1.29, 1.82) is 5.26 Å². The maximum absolute atomic E-state index is 13.6. The number of aromatic nitrogens is 4. The topological polar surface area (TPSA) is 112 Å². The van der Waals surface area contributed by atoms with Crippen LogP contribution in [0.1, 0.15) is 35.1 Å². The van der Waals surface area contributed by atoms with E-state index in [9.17, 15) is 23.2 Å². The number of benzene rings is 4. The van der Waals surface area contributed by atoms with Gasteiger partial charge in [-0.25, -0.2) is 4.79 Å². The number of nitriles is 1. The minimum atomic E-state index is -4.54. The highest BCUT2D eigenvalue weighted by molar-refractivity contribution is 5.89. The van der Waals surface area contributed by atoms with Crippen molar-refractivity contribution in [2.75, 3.05) is 11.9 Å². The summed E-state index contributed by atoms with van der Waals surface area (Å²) >= 11 is 0. The molecule has 4 aromatic carbocycles. The van der Waals surface area contributed by atoms with Crippen molar-refractivity contribution in [3.05, 3.63) is 112 Å². The van der Waals surface area contributed by atoms with Gasteiger partial charge < -0.3 is 20.0 Å². The summed E-state index contributed by atoms with van der Waals surface area (Å²) in [5.41, 5.74) is 4.65. The zero-order valence-corrected chi connectivity index (χ0v) is 24.3. The summed E-state index contributed by atoms with van der Waals surface area (Å²) in [6, 6.07) is 22.3. The number of aryl methyl sites for hydroxylation is 2. The fourth-order valence-electron chi connectivity index (χ4n) is 5.42. The minimum Gasteiger partial charge on any atom is -0.494 e. The minimum absolute atomic E-state index is 0.0270. The number of imidazole rings is 1. The van der Waals surface area contributed by atoms with Crippen LogP contribution >= 0.6 is 0 Å². The van der Waals surface area contributed by atoms with E-state index in [1.807, 2.05) is 43.3 Å². The molecule has 0 aliphatic carbocycles. The van der Waals surface area contributed by atoms with E-state index in [2.05, 4.69) is 26.5 Å². The van der Waals surface area contributed by atoms with Gasteiger partial charge in [0.25, 0.3) is 0 Å². The first-order valence-corrected chi connectivity index (χ1v) is 14.4. The van der Waals surface area contributed by atoms with Gasteiger partial charge in [-0.2, -0.15) is 23.5 Å². The predicted molar refractivity (Wildman–Crippen MR) is 167 cm³/mol. The van der Waals surface area contributed by atoms with Gasteiger partial charge in [0.1, 0.15) is 5.75 Å². The highest BCUT2D eigenvalue weighted by Crippen LogP contribution is 2.39. The number of hydrogen-bond acceptors (Lipinski definition) is 5. The van der Waals surface area contributed by atoms with Gasteiger partial charge in [-0.3, -0.25) is 4.68 Å². The molecule has 2 heterocycles. The molecular formula is C34H29F3N6O2. The standard InChI is InChI=1S/C34H29F3N6O2/c1-21-14-30-31(42-33(44)41-30)17-29(21)39-19-22-8-10-25(11-9-22)45-13-5-4-12-43-32-16-23(18-38)27(15-24(32)20-40-43)26-6-2-3-7-28(26)34(35,36)37/h2-3,6-11,14-17,20,39H,4-5,12-13,19H2,1H3,(H2,41,42,44). The van der Waals surface area contributed by atoms with Gasteiger partial charge in [-0.1, -0.05) is 30.3 Å². The fraction of sp³-hybridized carbons (Fsp3) is 0.206. The summed E-state index contributed by atoms with van der Waals surface area (Å²) in [6.45, 7) is 3.68. The van der Waals surface area contributed by atoms with Gasteiger partial charge >= 0.3 is 11.9 Å². The van der Waals surface area contributed by atoms with Crippen molar-refractivity contribution < 1.29 is 17.9 Å². The van der Waals surface area contributed by atoms with Gasteiger partial charge in [-0.15, -0.1) is 0 Å². The third-order valence-electron chi connectivity index (χ3n) is 7.72. The highest BCUT2D eigenvalue weighted by atomic mass is 19.4. The number of fused-ring (bicyclic) bond motifs is 2. The Morgan fingerprint density at radius 2 is 1.73 bits per heavy atom. The van der Waals surface area contributed by atoms with Crippen molar-refractivity contribution in [2.24, 2.45) is 0 Å². The quantitative estimate of drug-likeness (QED) is 0.139. The number of aromatic amines is 2. The van der Waals surface area contributed by atoms with Crippen LogP contribution in [0.5, 0.6) is 5.75 Å². The van der Waals surface area contributed by atoms with Crippen LogP contribution in [0.2, 0.25) is 0 Å². The third-order valence-corrected chi connectivity index (χ3v) is 7.72. The lowest BCUT2D eigenvalue weighted by atomic mass is 9.94. The molecule has 0 amide bonds. The molecule has 0 aliphatic rings. The summed E-state index contributed by atoms with van der Waals surface area (Å²) in [5.74, 6) is 0.760. The number of ether oxygens (including phenoxy) is 1. The molecule has 0 spiro atoms. The third kappa shape index (κ3) is 6.40. The second-order valence-electron chi connectivity index (χ2n) is 10.8. The molecule has 3 N–H and O–H groups in total. The Labute approximate surface area is 256 Å². The van der Waals surface area contributed by atoms with E-state index in [0.717, 1.165) is 52.5 Å². The number of rotatable bonds is 10. The molecule has 11 heteroatoms. The van der Waals surface area contributed by atoms with Crippen molar-refractivity contribution in [3.8, 4) is 22.9 Å². The predicted octanol–water partition coefficient (Wildman–Crippen LogP) is 7.54. The first kappa shape index (κ1) is 29.6. The fourth-order valence-corrected chi connectivity index (χ4v) is 5.42. The van der Waals surface area contributed by atoms with Crippen molar-refractivity contribution in [3.63, 3.8) is 0 Å². The Kier molecular flexibility index (Phi) is 8.04. The normalized spacial score (nSPS) is 11.6. The molecule has 0 atom stereocenters. The van der Waals surface area contributed by atoms with Crippen LogP contribution in [0.25, 0.3) is 33.1 Å². The Hall–Kier alpha value is -5.50. The van der Waals surface area contributed by atoms with Crippen LogP contribution in [0, 0.1) is 18.3 Å². The van der Waals surface area contributed by atoms with Crippen molar-refractivity contribution in [1.82, 2.24) is 19.7 Å². The Bertz CT molecular complexity index is 2080. The van der Waals surface area contributed by atoms with Crippen LogP contribution in [-0.2, 0) is 19.3 Å². The van der Waals surface area contributed by atoms with Crippen molar-refractivity contribution in [2.45, 2.75) is 39.0 Å². The molecule has 0 saturated heterocycles. The molecule has 0 bridgehead atoms. The maximum Gasteiger partial charge on any atom is 0.417 e. The SMILES string of the molecule is Cc1cc2[nH]c(=O)[nH]c2cc1NCc1ccc(OCCCCn2ncc3cc(-c4ccccc4C(F)(F)F)c(C#N)cc32)cc1. The first-order chi connectivity index (χ1) is 21.7. The number of alkyl halides is 3. The van der Waals surface area contributed by atoms with Gasteiger partial charge in [0.2, 0.25) is 0 Å². The van der Waals surface area contributed by atoms with Crippen LogP contribution in [0.15, 0.2) is 83.8 Å². The molecule has 0 unspecified atom stereocenters. The number of nitrogens with one attached hydrogen (secondary N) is 3. The average molecular weight is 611 g/mol. The van der Waals surface area contributed by atoms with E-state index >= 15 is 0 Å². The summed E-state index contributed by atoms with van der Waals surface area (Å²) in [5, 5.41) is 18.3. The highest BCUT2D eigenvalue weighted by Gasteiger charge is 2.34. The lowest BCUT2D eigenvalue weighted by molar-refractivity contribution is -0.137. The van der Waals surface area contributed by atoms with Crippen LogP contribution in [0.3, 0.4) is 0 Å². The summed E-state index contributed by atoms with van der Waals surface area (Å²) < 4.78 is 48.6. The van der Waals surface area contributed by atoms with Crippen LogP contribution in [0.4, 0.5) is 18.9 Å². The molecular weight excluding hydrogens is 581 g/mol. The molecule has 0 aliphatic heterocycles. The molecule has 2 aromatic heterocycles.